The molecule has 1 aliphatic rings. The standard InChI is InChI=1S/C14H15FN2O3/c1-9(17-12(18)6-7-13(17)19)14(20)16-8-10-4-2-3-5-11(10)15/h2-5,9H,6-8H2,1H3,(H,16,20)/t9-/m1/s1/i6D2,7D2. The lowest BCUT2D eigenvalue weighted by atomic mass is 10.2. The first-order valence-electron chi connectivity index (χ1n) is 7.91. The molecule has 0 unspecified atom stereocenters. The molecule has 20 heavy (non-hydrogen) atoms. The third-order valence-electron chi connectivity index (χ3n) is 2.89. The molecule has 1 heterocycles. The Morgan fingerprint density at radius 2 is 2.00 bits per heavy atom. The number of amides is 3. The van der Waals surface area contributed by atoms with Gasteiger partial charge in [0.25, 0.3) is 0 Å². The second-order valence-electron chi connectivity index (χ2n) is 4.22. The Balaban J connectivity index is 2.13. The van der Waals surface area contributed by atoms with Crippen LogP contribution in [0.3, 0.4) is 0 Å². The Morgan fingerprint density at radius 3 is 2.60 bits per heavy atom. The minimum atomic E-state index is -3.05. The van der Waals surface area contributed by atoms with E-state index in [9.17, 15) is 18.8 Å². The maximum absolute atomic E-state index is 13.5. The summed E-state index contributed by atoms with van der Waals surface area (Å²) in [4.78, 5) is 36.3. The molecule has 0 bridgehead atoms. The quantitative estimate of drug-likeness (QED) is 0.837. The molecular weight excluding hydrogens is 263 g/mol. The molecule has 5 nitrogen and oxygen atoms in total. The third-order valence-corrected chi connectivity index (χ3v) is 2.89. The van der Waals surface area contributed by atoms with E-state index in [0.717, 1.165) is 0 Å². The van der Waals surface area contributed by atoms with Crippen LogP contribution in [0.15, 0.2) is 24.3 Å². The number of hydrogen-bond acceptors (Lipinski definition) is 3. The van der Waals surface area contributed by atoms with E-state index in [-0.39, 0.29) is 17.0 Å². The first-order chi connectivity index (χ1) is 11.0. The lowest BCUT2D eigenvalue weighted by Crippen LogP contribution is -2.47. The topological polar surface area (TPSA) is 66.5 Å². The van der Waals surface area contributed by atoms with E-state index in [1.54, 1.807) is 6.07 Å². The number of carbonyl (C=O) groups excluding carboxylic acids is 3. The van der Waals surface area contributed by atoms with Crippen LogP contribution in [0, 0.1) is 5.82 Å². The smallest absolute Gasteiger partial charge is 0.243 e. The number of halogens is 1. The van der Waals surface area contributed by atoms with Gasteiger partial charge < -0.3 is 5.32 Å². The monoisotopic (exact) mass is 282 g/mol. The molecule has 1 N–H and O–H groups in total. The molecule has 106 valence electrons. The summed E-state index contributed by atoms with van der Waals surface area (Å²) in [5, 5.41) is 2.34. The average molecular weight is 282 g/mol. The number of nitrogens with zero attached hydrogens (tertiary/aromatic N) is 1. The second-order valence-corrected chi connectivity index (χ2v) is 4.22. The first-order valence-corrected chi connectivity index (χ1v) is 5.91. The molecule has 1 aromatic rings. The van der Waals surface area contributed by atoms with Gasteiger partial charge in [0, 0.05) is 30.3 Å². The van der Waals surface area contributed by atoms with E-state index >= 15 is 0 Å². The van der Waals surface area contributed by atoms with Crippen LogP contribution in [-0.4, -0.2) is 28.7 Å². The molecule has 1 fully saturated rings. The highest BCUT2D eigenvalue weighted by Gasteiger charge is 2.35. The van der Waals surface area contributed by atoms with Gasteiger partial charge in [0.15, 0.2) is 0 Å². The average Bonchev–Trinajstić information content (AvgIpc) is 2.63. The number of rotatable bonds is 4. The van der Waals surface area contributed by atoms with Gasteiger partial charge in [-0.2, -0.15) is 0 Å². The van der Waals surface area contributed by atoms with Crippen LogP contribution in [0.5, 0.6) is 0 Å². The summed E-state index contributed by atoms with van der Waals surface area (Å²) >= 11 is 0. The fourth-order valence-corrected chi connectivity index (χ4v) is 1.76. The Morgan fingerprint density at radius 1 is 1.40 bits per heavy atom. The van der Waals surface area contributed by atoms with Crippen molar-refractivity contribution in [2.24, 2.45) is 0 Å². The number of likely N-dealkylation sites (tertiary alicyclic amines) is 1. The van der Waals surface area contributed by atoms with Gasteiger partial charge in [0.05, 0.1) is 0 Å². The molecule has 0 radical (unpaired) electrons. The fraction of sp³-hybridized carbons (Fsp3) is 0.357. The van der Waals surface area contributed by atoms with Crippen LogP contribution < -0.4 is 5.32 Å². The third kappa shape index (κ3) is 2.84. The Kier molecular flexibility index (Phi) is 2.80. The van der Waals surface area contributed by atoms with E-state index in [1.807, 2.05) is 0 Å². The highest BCUT2D eigenvalue weighted by Crippen LogP contribution is 2.15. The molecule has 0 spiro atoms. The minimum Gasteiger partial charge on any atom is -0.350 e. The van der Waals surface area contributed by atoms with Crippen molar-refractivity contribution in [1.29, 1.82) is 0 Å². The van der Waals surface area contributed by atoms with E-state index in [2.05, 4.69) is 5.32 Å². The van der Waals surface area contributed by atoms with Gasteiger partial charge in [0.2, 0.25) is 17.7 Å². The molecule has 1 aromatic carbocycles. The SMILES string of the molecule is [2H]C1([2H])C(=O)N([C@H](C)C(=O)NCc2ccccc2F)C(=O)C1([2H])[2H]. The predicted octanol–water partition coefficient (Wildman–Crippen LogP) is 0.979. The van der Waals surface area contributed by atoms with Crippen LogP contribution >= 0.6 is 0 Å². The predicted molar refractivity (Wildman–Crippen MR) is 68.8 cm³/mol. The molecule has 1 atom stereocenters. The van der Waals surface area contributed by atoms with Crippen molar-refractivity contribution in [3.8, 4) is 0 Å². The summed E-state index contributed by atoms with van der Waals surface area (Å²) < 4.78 is 43.3. The molecular formula is C14H15FN2O3. The van der Waals surface area contributed by atoms with E-state index in [1.165, 1.54) is 25.1 Å². The number of benzene rings is 1. The van der Waals surface area contributed by atoms with Gasteiger partial charge in [-0.25, -0.2) is 4.39 Å². The number of carbonyl (C=O) groups is 3. The minimum absolute atomic E-state index is 0.189. The van der Waals surface area contributed by atoms with Gasteiger partial charge in [-0.3, -0.25) is 19.3 Å². The van der Waals surface area contributed by atoms with Crippen LogP contribution in [0.1, 0.15) is 30.7 Å². The van der Waals surface area contributed by atoms with Crippen molar-refractivity contribution in [3.05, 3.63) is 35.6 Å². The molecule has 0 aromatic heterocycles. The summed E-state index contributed by atoms with van der Waals surface area (Å²) in [6.45, 7) is 0.982. The summed E-state index contributed by atoms with van der Waals surface area (Å²) in [5.41, 5.74) is 0.197. The van der Waals surface area contributed by atoms with Crippen LogP contribution in [0.2, 0.25) is 0 Å². The van der Waals surface area contributed by atoms with Crippen molar-refractivity contribution in [3.63, 3.8) is 0 Å². The maximum atomic E-state index is 13.5. The maximum Gasteiger partial charge on any atom is 0.243 e. The van der Waals surface area contributed by atoms with Gasteiger partial charge in [-0.15, -0.1) is 0 Å². The van der Waals surface area contributed by atoms with E-state index in [0.29, 0.717) is 0 Å². The van der Waals surface area contributed by atoms with Crippen molar-refractivity contribution in [1.82, 2.24) is 10.2 Å². The van der Waals surface area contributed by atoms with Gasteiger partial charge in [-0.05, 0) is 13.0 Å². The Labute approximate surface area is 121 Å². The van der Waals surface area contributed by atoms with Crippen molar-refractivity contribution in [2.45, 2.75) is 32.3 Å². The number of hydrogen-bond donors (Lipinski definition) is 1. The highest BCUT2D eigenvalue weighted by molar-refractivity contribution is 6.05. The van der Waals surface area contributed by atoms with Crippen LogP contribution in [0.25, 0.3) is 0 Å². The van der Waals surface area contributed by atoms with Crippen LogP contribution in [-0.2, 0) is 20.9 Å². The van der Waals surface area contributed by atoms with Crippen molar-refractivity contribution in [2.75, 3.05) is 0 Å². The van der Waals surface area contributed by atoms with Gasteiger partial charge in [-0.1, -0.05) is 18.2 Å². The lowest BCUT2D eigenvalue weighted by molar-refractivity contribution is -0.146. The normalized spacial score (nSPS) is 24.4. The molecule has 0 aliphatic carbocycles. The summed E-state index contributed by atoms with van der Waals surface area (Å²) in [6.07, 6.45) is -6.10. The lowest BCUT2D eigenvalue weighted by Gasteiger charge is -2.21. The zero-order chi connectivity index (χ0) is 18.3. The van der Waals surface area contributed by atoms with E-state index < -0.39 is 42.3 Å². The van der Waals surface area contributed by atoms with Crippen molar-refractivity contribution < 1.29 is 24.3 Å². The van der Waals surface area contributed by atoms with Gasteiger partial charge >= 0.3 is 0 Å². The molecule has 1 saturated heterocycles. The zero-order valence-electron chi connectivity index (χ0n) is 14.6. The molecule has 2 rings (SSSR count). The summed E-state index contributed by atoms with van der Waals surface area (Å²) in [7, 11) is 0. The zero-order valence-corrected chi connectivity index (χ0v) is 10.6. The molecule has 0 saturated carbocycles. The van der Waals surface area contributed by atoms with Crippen molar-refractivity contribution >= 4 is 17.7 Å². The second kappa shape index (κ2) is 5.81. The summed E-state index contributed by atoms with van der Waals surface area (Å²) in [6, 6.07) is 4.29. The Hall–Kier alpha value is -2.24. The largest absolute Gasteiger partial charge is 0.350 e. The molecule has 3 amide bonds. The number of imide groups is 1. The summed E-state index contributed by atoms with van der Waals surface area (Å²) in [5.74, 6) is -4.18. The number of nitrogens with one attached hydrogen (secondary N) is 1. The van der Waals surface area contributed by atoms with Crippen LogP contribution in [0.4, 0.5) is 4.39 Å². The van der Waals surface area contributed by atoms with Gasteiger partial charge in [0.1, 0.15) is 11.9 Å². The molecule has 6 heteroatoms. The molecule has 1 aliphatic heterocycles. The first kappa shape index (κ1) is 9.63. The highest BCUT2D eigenvalue weighted by atomic mass is 19.1. The fourth-order valence-electron chi connectivity index (χ4n) is 1.76. The Bertz CT molecular complexity index is 685. The van der Waals surface area contributed by atoms with E-state index in [4.69, 9.17) is 5.48 Å².